The first-order valence-corrected chi connectivity index (χ1v) is 7.08. The van der Waals surface area contributed by atoms with E-state index in [0.717, 1.165) is 18.5 Å². The van der Waals surface area contributed by atoms with Gasteiger partial charge in [0.05, 0.1) is 0 Å². The Morgan fingerprint density at radius 2 is 1.88 bits per heavy atom. The standard InChI is InChI=1S/C14H30N2/c1-5-12-9-7-8-10-14(12)15-11-13(6-2)16(3)4/h12-15H,5-11H2,1-4H3. The third kappa shape index (κ3) is 4.06. The average molecular weight is 226 g/mol. The largest absolute Gasteiger partial charge is 0.312 e. The summed E-state index contributed by atoms with van der Waals surface area (Å²) >= 11 is 0. The molecule has 0 amide bonds. The van der Waals surface area contributed by atoms with Crippen LogP contribution in [0, 0.1) is 5.92 Å². The minimum absolute atomic E-state index is 0.694. The van der Waals surface area contributed by atoms with E-state index in [-0.39, 0.29) is 0 Å². The Morgan fingerprint density at radius 3 is 2.44 bits per heavy atom. The van der Waals surface area contributed by atoms with E-state index in [9.17, 15) is 0 Å². The van der Waals surface area contributed by atoms with E-state index in [1.807, 2.05) is 0 Å². The second-order valence-corrected chi connectivity index (χ2v) is 5.49. The van der Waals surface area contributed by atoms with Gasteiger partial charge in [-0.05, 0) is 39.3 Å². The van der Waals surface area contributed by atoms with Crippen LogP contribution in [0.1, 0.15) is 52.4 Å². The summed E-state index contributed by atoms with van der Waals surface area (Å²) < 4.78 is 0. The normalized spacial score (nSPS) is 28.3. The molecule has 2 heteroatoms. The van der Waals surface area contributed by atoms with Crippen molar-refractivity contribution in [3.8, 4) is 0 Å². The summed E-state index contributed by atoms with van der Waals surface area (Å²) in [4.78, 5) is 2.34. The Morgan fingerprint density at radius 1 is 1.19 bits per heavy atom. The van der Waals surface area contributed by atoms with Gasteiger partial charge >= 0.3 is 0 Å². The Balaban J connectivity index is 2.34. The Kier molecular flexibility index (Phi) is 6.37. The quantitative estimate of drug-likeness (QED) is 0.749. The summed E-state index contributed by atoms with van der Waals surface area (Å²) in [6.45, 7) is 5.78. The Hall–Kier alpha value is -0.0800. The first-order valence-electron chi connectivity index (χ1n) is 7.08. The van der Waals surface area contributed by atoms with Crippen molar-refractivity contribution >= 4 is 0 Å². The highest BCUT2D eigenvalue weighted by atomic mass is 15.1. The predicted octanol–water partition coefficient (Wildman–Crippen LogP) is 2.89. The molecule has 3 unspecified atom stereocenters. The van der Waals surface area contributed by atoms with Gasteiger partial charge in [-0.25, -0.2) is 0 Å². The first-order chi connectivity index (χ1) is 7.69. The summed E-state index contributed by atoms with van der Waals surface area (Å²) in [6, 6.07) is 1.48. The lowest BCUT2D eigenvalue weighted by Crippen LogP contribution is -2.45. The lowest BCUT2D eigenvalue weighted by Gasteiger charge is -2.34. The molecule has 0 radical (unpaired) electrons. The fourth-order valence-electron chi connectivity index (χ4n) is 2.94. The van der Waals surface area contributed by atoms with Crippen molar-refractivity contribution in [2.24, 2.45) is 5.92 Å². The van der Waals surface area contributed by atoms with Gasteiger partial charge in [-0.3, -0.25) is 0 Å². The fourth-order valence-corrected chi connectivity index (χ4v) is 2.94. The molecule has 0 aromatic heterocycles. The van der Waals surface area contributed by atoms with Crippen molar-refractivity contribution in [3.63, 3.8) is 0 Å². The first kappa shape index (κ1) is 14.0. The second kappa shape index (κ2) is 7.29. The number of rotatable bonds is 6. The van der Waals surface area contributed by atoms with Crippen LogP contribution in [-0.4, -0.2) is 37.6 Å². The Bertz CT molecular complexity index is 180. The van der Waals surface area contributed by atoms with Crippen LogP contribution in [0.3, 0.4) is 0 Å². The predicted molar refractivity (Wildman–Crippen MR) is 71.8 cm³/mol. The molecule has 0 aromatic rings. The molecule has 1 saturated carbocycles. The van der Waals surface area contributed by atoms with E-state index in [1.54, 1.807) is 0 Å². The number of nitrogens with one attached hydrogen (secondary N) is 1. The van der Waals surface area contributed by atoms with Crippen molar-refractivity contribution < 1.29 is 0 Å². The van der Waals surface area contributed by atoms with E-state index in [0.29, 0.717) is 6.04 Å². The lowest BCUT2D eigenvalue weighted by molar-refractivity contribution is 0.217. The molecule has 16 heavy (non-hydrogen) atoms. The minimum atomic E-state index is 0.694. The molecule has 1 fully saturated rings. The van der Waals surface area contributed by atoms with Gasteiger partial charge in [-0.1, -0.05) is 33.1 Å². The van der Waals surface area contributed by atoms with Crippen LogP contribution in [0.2, 0.25) is 0 Å². The van der Waals surface area contributed by atoms with Crippen molar-refractivity contribution in [2.75, 3.05) is 20.6 Å². The van der Waals surface area contributed by atoms with E-state index in [1.165, 1.54) is 38.5 Å². The van der Waals surface area contributed by atoms with Gasteiger partial charge in [0.1, 0.15) is 0 Å². The molecule has 96 valence electrons. The molecule has 1 aliphatic carbocycles. The van der Waals surface area contributed by atoms with E-state index in [2.05, 4.69) is 38.2 Å². The molecular weight excluding hydrogens is 196 g/mol. The highest BCUT2D eigenvalue weighted by molar-refractivity contribution is 4.82. The van der Waals surface area contributed by atoms with Crippen molar-refractivity contribution in [1.82, 2.24) is 10.2 Å². The fraction of sp³-hybridized carbons (Fsp3) is 1.00. The van der Waals surface area contributed by atoms with Crippen LogP contribution in [0.15, 0.2) is 0 Å². The molecule has 1 N–H and O–H groups in total. The zero-order valence-corrected chi connectivity index (χ0v) is 11.6. The maximum absolute atomic E-state index is 3.81. The number of hydrogen-bond acceptors (Lipinski definition) is 2. The molecule has 3 atom stereocenters. The lowest BCUT2D eigenvalue weighted by atomic mass is 9.83. The molecule has 0 heterocycles. The van der Waals surface area contributed by atoms with Crippen LogP contribution < -0.4 is 5.32 Å². The number of nitrogens with zero attached hydrogens (tertiary/aromatic N) is 1. The molecule has 0 spiro atoms. The maximum Gasteiger partial charge on any atom is 0.0212 e. The molecule has 2 nitrogen and oxygen atoms in total. The molecular formula is C14H30N2. The highest BCUT2D eigenvalue weighted by Gasteiger charge is 2.23. The van der Waals surface area contributed by atoms with E-state index in [4.69, 9.17) is 0 Å². The number of likely N-dealkylation sites (N-methyl/N-ethyl adjacent to an activating group) is 1. The Labute approximate surface area is 102 Å². The summed E-state index contributed by atoms with van der Waals surface area (Å²) in [7, 11) is 4.38. The average Bonchev–Trinajstić information content (AvgIpc) is 2.30. The van der Waals surface area contributed by atoms with E-state index >= 15 is 0 Å². The van der Waals surface area contributed by atoms with Gasteiger partial charge in [0.15, 0.2) is 0 Å². The minimum Gasteiger partial charge on any atom is -0.312 e. The van der Waals surface area contributed by atoms with Crippen LogP contribution in [0.4, 0.5) is 0 Å². The summed E-state index contributed by atoms with van der Waals surface area (Å²) in [5, 5.41) is 3.81. The van der Waals surface area contributed by atoms with E-state index < -0.39 is 0 Å². The molecule has 0 saturated heterocycles. The summed E-state index contributed by atoms with van der Waals surface area (Å²) in [6.07, 6.45) is 8.28. The second-order valence-electron chi connectivity index (χ2n) is 5.49. The zero-order valence-electron chi connectivity index (χ0n) is 11.6. The van der Waals surface area contributed by atoms with Crippen molar-refractivity contribution in [2.45, 2.75) is 64.5 Å². The van der Waals surface area contributed by atoms with Gasteiger partial charge in [0.2, 0.25) is 0 Å². The smallest absolute Gasteiger partial charge is 0.0212 e. The maximum atomic E-state index is 3.81. The van der Waals surface area contributed by atoms with Crippen LogP contribution in [-0.2, 0) is 0 Å². The molecule has 0 aliphatic heterocycles. The zero-order chi connectivity index (χ0) is 12.0. The molecule has 1 rings (SSSR count). The highest BCUT2D eigenvalue weighted by Crippen LogP contribution is 2.26. The van der Waals surface area contributed by atoms with Gasteiger partial charge < -0.3 is 10.2 Å². The monoisotopic (exact) mass is 226 g/mol. The molecule has 0 aromatic carbocycles. The topological polar surface area (TPSA) is 15.3 Å². The van der Waals surface area contributed by atoms with Crippen LogP contribution in [0.25, 0.3) is 0 Å². The third-order valence-electron chi connectivity index (χ3n) is 4.25. The van der Waals surface area contributed by atoms with Gasteiger partial charge in [0.25, 0.3) is 0 Å². The SMILES string of the molecule is CCC1CCCCC1NCC(CC)N(C)C. The van der Waals surface area contributed by atoms with Crippen LogP contribution in [0.5, 0.6) is 0 Å². The van der Waals surface area contributed by atoms with Crippen LogP contribution >= 0.6 is 0 Å². The summed E-state index contributed by atoms with van der Waals surface area (Å²) in [5.74, 6) is 0.924. The van der Waals surface area contributed by atoms with Gasteiger partial charge in [0, 0.05) is 18.6 Å². The number of hydrogen-bond donors (Lipinski definition) is 1. The summed E-state index contributed by atoms with van der Waals surface area (Å²) in [5.41, 5.74) is 0. The van der Waals surface area contributed by atoms with Crippen molar-refractivity contribution in [3.05, 3.63) is 0 Å². The third-order valence-corrected chi connectivity index (χ3v) is 4.25. The molecule has 0 bridgehead atoms. The van der Waals surface area contributed by atoms with Gasteiger partial charge in [-0.15, -0.1) is 0 Å². The van der Waals surface area contributed by atoms with Gasteiger partial charge in [-0.2, -0.15) is 0 Å². The van der Waals surface area contributed by atoms with Crippen molar-refractivity contribution in [1.29, 1.82) is 0 Å². The molecule has 1 aliphatic rings.